The van der Waals surface area contributed by atoms with E-state index in [0.29, 0.717) is 6.42 Å². The summed E-state index contributed by atoms with van der Waals surface area (Å²) in [5, 5.41) is 9.98. The van der Waals surface area contributed by atoms with Gasteiger partial charge in [-0.15, -0.1) is 18.2 Å². The summed E-state index contributed by atoms with van der Waals surface area (Å²) in [4.78, 5) is 4.15. The van der Waals surface area contributed by atoms with Crippen molar-refractivity contribution in [3.05, 3.63) is 0 Å². The summed E-state index contributed by atoms with van der Waals surface area (Å²) in [5.41, 5.74) is 0. The van der Waals surface area contributed by atoms with Crippen LogP contribution in [0, 0.1) is 12.3 Å². The molecule has 0 amide bonds. The van der Waals surface area contributed by atoms with E-state index >= 15 is 0 Å². The van der Waals surface area contributed by atoms with Gasteiger partial charge in [0.05, 0.1) is 5.04 Å². The molecular weight excluding hydrogens is 146 g/mol. The Bertz CT molecular complexity index is 183. The highest BCUT2D eigenvalue weighted by atomic mass is 32.2. The van der Waals surface area contributed by atoms with Crippen LogP contribution in [0.1, 0.15) is 6.42 Å². The fourth-order valence-corrected chi connectivity index (χ4v) is 1.60. The van der Waals surface area contributed by atoms with E-state index in [9.17, 15) is 0 Å². The van der Waals surface area contributed by atoms with Crippen LogP contribution in [0.15, 0.2) is 4.99 Å². The fourth-order valence-electron chi connectivity index (χ4n) is 0.727. The molecule has 0 aromatic heterocycles. The quantitative estimate of drug-likeness (QED) is 0.589. The second kappa shape index (κ2) is 3.65. The minimum absolute atomic E-state index is 0.529. The average molecular weight is 155 g/mol. The highest BCUT2D eigenvalue weighted by Gasteiger charge is 2.10. The highest BCUT2D eigenvalue weighted by molar-refractivity contribution is 8.14. The standard InChI is InChI=1S/C7H9NOS/c1-2-6(9)5-7-8-3-4-10-7/h1,6,9H,3-5H2/t6-/m0/s1. The van der Waals surface area contributed by atoms with Gasteiger partial charge in [-0.05, 0) is 0 Å². The van der Waals surface area contributed by atoms with Gasteiger partial charge in [-0.25, -0.2) is 0 Å². The number of terminal acetylenes is 1. The van der Waals surface area contributed by atoms with Crippen LogP contribution >= 0.6 is 11.8 Å². The summed E-state index contributed by atoms with van der Waals surface area (Å²) in [5.74, 6) is 3.29. The monoisotopic (exact) mass is 155 g/mol. The van der Waals surface area contributed by atoms with E-state index < -0.39 is 6.10 Å². The predicted molar refractivity (Wildman–Crippen MR) is 44.2 cm³/mol. The molecule has 1 atom stereocenters. The number of aliphatic imine (C=N–C) groups is 1. The minimum atomic E-state index is -0.649. The summed E-state index contributed by atoms with van der Waals surface area (Å²) in [6.07, 6.45) is 4.87. The van der Waals surface area contributed by atoms with Crippen molar-refractivity contribution in [2.75, 3.05) is 12.3 Å². The van der Waals surface area contributed by atoms with E-state index in [1.54, 1.807) is 11.8 Å². The Hall–Kier alpha value is -0.460. The highest BCUT2D eigenvalue weighted by Crippen LogP contribution is 2.15. The first kappa shape index (κ1) is 7.64. The number of rotatable bonds is 2. The van der Waals surface area contributed by atoms with Crippen molar-refractivity contribution >= 4 is 16.8 Å². The zero-order valence-electron chi connectivity index (χ0n) is 5.58. The van der Waals surface area contributed by atoms with Crippen LogP contribution in [0.5, 0.6) is 0 Å². The normalized spacial score (nSPS) is 19.8. The van der Waals surface area contributed by atoms with Gasteiger partial charge >= 0.3 is 0 Å². The lowest BCUT2D eigenvalue weighted by atomic mass is 10.3. The number of aliphatic hydroxyl groups is 1. The third kappa shape index (κ3) is 2.05. The van der Waals surface area contributed by atoms with Crippen LogP contribution < -0.4 is 0 Å². The smallest absolute Gasteiger partial charge is 0.120 e. The van der Waals surface area contributed by atoms with Crippen molar-refractivity contribution in [1.29, 1.82) is 0 Å². The Morgan fingerprint density at radius 1 is 1.90 bits per heavy atom. The fraction of sp³-hybridized carbons (Fsp3) is 0.571. The number of hydrogen-bond acceptors (Lipinski definition) is 3. The topological polar surface area (TPSA) is 32.6 Å². The van der Waals surface area contributed by atoms with E-state index in [1.807, 2.05) is 0 Å². The Balaban J connectivity index is 2.32. The predicted octanol–water partition coefficient (Wildman–Crippen LogP) is 0.516. The Morgan fingerprint density at radius 3 is 3.20 bits per heavy atom. The largest absolute Gasteiger partial charge is 0.380 e. The molecule has 0 saturated carbocycles. The SMILES string of the molecule is C#C[C@H](O)CC1=NCCS1. The van der Waals surface area contributed by atoms with Gasteiger partial charge in [0, 0.05) is 18.7 Å². The lowest BCUT2D eigenvalue weighted by molar-refractivity contribution is 0.242. The van der Waals surface area contributed by atoms with Gasteiger partial charge in [0.1, 0.15) is 6.10 Å². The summed E-state index contributed by atoms with van der Waals surface area (Å²) in [6.45, 7) is 0.872. The number of aliphatic hydroxyl groups excluding tert-OH is 1. The Labute approximate surface area is 64.7 Å². The molecule has 54 valence electrons. The third-order valence-electron chi connectivity index (χ3n) is 1.21. The molecule has 1 heterocycles. The van der Waals surface area contributed by atoms with Crippen molar-refractivity contribution < 1.29 is 5.11 Å². The molecule has 0 spiro atoms. The van der Waals surface area contributed by atoms with Gasteiger partial charge < -0.3 is 5.11 Å². The molecule has 0 fully saturated rings. The second-order valence-electron chi connectivity index (χ2n) is 2.01. The first-order valence-corrected chi connectivity index (χ1v) is 4.12. The second-order valence-corrected chi connectivity index (χ2v) is 3.18. The molecule has 1 rings (SSSR count). The van der Waals surface area contributed by atoms with Crippen LogP contribution in [0.2, 0.25) is 0 Å². The molecule has 2 nitrogen and oxygen atoms in total. The summed E-state index contributed by atoms with van der Waals surface area (Å²) in [7, 11) is 0. The molecule has 0 bridgehead atoms. The van der Waals surface area contributed by atoms with Gasteiger partial charge in [-0.3, -0.25) is 4.99 Å². The van der Waals surface area contributed by atoms with E-state index in [0.717, 1.165) is 17.3 Å². The molecule has 0 saturated heterocycles. The van der Waals surface area contributed by atoms with Gasteiger partial charge in [0.15, 0.2) is 0 Å². The zero-order valence-corrected chi connectivity index (χ0v) is 6.40. The summed E-state index contributed by atoms with van der Waals surface area (Å²) in [6, 6.07) is 0. The molecule has 10 heavy (non-hydrogen) atoms. The number of thioether (sulfide) groups is 1. The molecule has 0 aromatic carbocycles. The van der Waals surface area contributed by atoms with Crippen molar-refractivity contribution in [2.45, 2.75) is 12.5 Å². The maximum Gasteiger partial charge on any atom is 0.120 e. The molecule has 1 aliphatic heterocycles. The molecule has 3 heteroatoms. The van der Waals surface area contributed by atoms with E-state index in [1.165, 1.54) is 0 Å². The zero-order chi connectivity index (χ0) is 7.40. The molecule has 0 aliphatic carbocycles. The third-order valence-corrected chi connectivity index (χ3v) is 2.22. The van der Waals surface area contributed by atoms with Crippen LogP contribution in [0.4, 0.5) is 0 Å². The molecule has 1 aliphatic rings. The van der Waals surface area contributed by atoms with Crippen LogP contribution in [0.3, 0.4) is 0 Å². The van der Waals surface area contributed by atoms with Gasteiger partial charge in [0.25, 0.3) is 0 Å². The average Bonchev–Trinajstić information content (AvgIpc) is 2.40. The molecule has 0 radical (unpaired) electrons. The number of hydrogen-bond donors (Lipinski definition) is 1. The first-order valence-electron chi connectivity index (χ1n) is 3.13. The van der Waals surface area contributed by atoms with E-state index in [2.05, 4.69) is 10.9 Å². The Morgan fingerprint density at radius 2 is 2.70 bits per heavy atom. The maximum absolute atomic E-state index is 8.99. The van der Waals surface area contributed by atoms with Gasteiger partial charge in [0.2, 0.25) is 0 Å². The van der Waals surface area contributed by atoms with Crippen molar-refractivity contribution in [3.8, 4) is 12.3 Å². The van der Waals surface area contributed by atoms with E-state index in [-0.39, 0.29) is 0 Å². The van der Waals surface area contributed by atoms with Crippen LogP contribution in [-0.2, 0) is 0 Å². The van der Waals surface area contributed by atoms with Crippen molar-refractivity contribution in [3.63, 3.8) is 0 Å². The minimum Gasteiger partial charge on any atom is -0.380 e. The summed E-state index contributed by atoms with van der Waals surface area (Å²) >= 11 is 1.68. The van der Waals surface area contributed by atoms with Crippen molar-refractivity contribution in [2.24, 2.45) is 4.99 Å². The lowest BCUT2D eigenvalue weighted by Gasteiger charge is -2.00. The van der Waals surface area contributed by atoms with E-state index in [4.69, 9.17) is 11.5 Å². The van der Waals surface area contributed by atoms with Crippen LogP contribution in [0.25, 0.3) is 0 Å². The number of nitrogens with zero attached hydrogens (tertiary/aromatic N) is 1. The van der Waals surface area contributed by atoms with Gasteiger partial charge in [-0.1, -0.05) is 5.92 Å². The summed E-state index contributed by atoms with van der Waals surface area (Å²) < 4.78 is 0. The molecule has 0 unspecified atom stereocenters. The first-order chi connectivity index (χ1) is 4.83. The maximum atomic E-state index is 8.99. The lowest BCUT2D eigenvalue weighted by Crippen LogP contribution is -2.06. The van der Waals surface area contributed by atoms with Crippen molar-refractivity contribution in [1.82, 2.24) is 0 Å². The van der Waals surface area contributed by atoms with Crippen LogP contribution in [-0.4, -0.2) is 28.6 Å². The molecule has 0 aromatic rings. The molecular formula is C7H9NOS. The molecule has 1 N–H and O–H groups in total. The van der Waals surface area contributed by atoms with Gasteiger partial charge in [-0.2, -0.15) is 0 Å². The Kier molecular flexibility index (Phi) is 2.79.